The molecule has 0 aliphatic carbocycles. The third kappa shape index (κ3) is 35.8. The molecule has 24 heteroatoms. The van der Waals surface area contributed by atoms with Crippen molar-refractivity contribution in [1.29, 1.82) is 0 Å². The molecular weight excluding hydrogens is 1520 g/mol. The highest BCUT2D eigenvalue weighted by Gasteiger charge is 2.27. The summed E-state index contributed by atoms with van der Waals surface area (Å²) >= 11 is 0. The van der Waals surface area contributed by atoms with Crippen molar-refractivity contribution in [3.05, 3.63) is 287 Å². The van der Waals surface area contributed by atoms with Crippen molar-refractivity contribution in [2.24, 2.45) is 23.7 Å². The van der Waals surface area contributed by atoms with Crippen LogP contribution in [0.1, 0.15) is 72.2 Å². The third-order valence-corrected chi connectivity index (χ3v) is 19.4. The molecule has 8 aromatic carbocycles. The first kappa shape index (κ1) is 98.1. The van der Waals surface area contributed by atoms with Crippen molar-refractivity contribution in [2.45, 2.75) is 79.1 Å². The summed E-state index contributed by atoms with van der Waals surface area (Å²) in [7, 11) is 17.9. The second-order valence-electron chi connectivity index (χ2n) is 31.5. The van der Waals surface area contributed by atoms with Crippen LogP contribution in [0.5, 0.6) is 0 Å². The minimum Gasteiger partial charge on any atom is -0.545 e. The molecule has 0 radical (unpaired) electrons. The van der Waals surface area contributed by atoms with E-state index in [1.807, 2.05) is 0 Å². The number of carboxylic acid groups (broad SMARTS) is 8. The number of aryl methyl sites for hydroxylation is 8. The highest BCUT2D eigenvalue weighted by atomic mass is 16.4. The first-order valence-corrected chi connectivity index (χ1v) is 40.5. The van der Waals surface area contributed by atoms with Crippen LogP contribution in [0.25, 0.3) is 0 Å². The topological polar surface area (TPSA) is 340 Å². The van der Waals surface area contributed by atoms with Crippen molar-refractivity contribution in [1.82, 2.24) is 0 Å². The third-order valence-electron chi connectivity index (χ3n) is 19.4. The second kappa shape index (κ2) is 51.7. The van der Waals surface area contributed by atoms with E-state index >= 15 is 0 Å². The summed E-state index contributed by atoms with van der Waals surface area (Å²) in [6.07, 6.45) is 12.9. The minimum atomic E-state index is -1.51. The van der Waals surface area contributed by atoms with Crippen LogP contribution in [0.3, 0.4) is 0 Å². The average Bonchev–Trinajstić information content (AvgIpc) is 1.64. The number of quaternary nitrogens is 4. The summed E-state index contributed by atoms with van der Waals surface area (Å²) in [5.74, 6) is -8.59. The summed E-state index contributed by atoms with van der Waals surface area (Å²) in [6.45, 7) is 18.6. The minimum absolute atomic E-state index is 0.447. The normalized spacial score (nSPS) is 13.7. The quantitative estimate of drug-likeness (QED) is 0.0390. The molecule has 0 amide bonds. The number of rotatable bonds is 24. The summed E-state index contributed by atoms with van der Waals surface area (Å²) in [4.78, 5) is 92.1. The van der Waals surface area contributed by atoms with Crippen LogP contribution in [0.4, 0.5) is 45.5 Å². The highest BCUT2D eigenvalue weighted by Crippen LogP contribution is 2.41. The molecule has 4 aliphatic heterocycles. The lowest BCUT2D eigenvalue weighted by Crippen LogP contribution is -3.06. The fraction of sp³-hybridized carbons (Fsp3) is 0.333. The molecule has 12 rings (SSSR count). The lowest BCUT2D eigenvalue weighted by molar-refractivity contribution is -0.861. The lowest BCUT2D eigenvalue weighted by atomic mass is 10.0. The monoisotopic (exact) mass is 1640 g/mol. The molecule has 4 atom stereocenters. The molecule has 0 saturated carbocycles. The molecule has 120 heavy (non-hydrogen) atoms. The Balaban J connectivity index is 0.000000254. The zero-order chi connectivity index (χ0) is 88.4. The van der Waals surface area contributed by atoms with Gasteiger partial charge in [0, 0.05) is 120 Å². The fourth-order valence-corrected chi connectivity index (χ4v) is 15.1. The fourth-order valence-electron chi connectivity index (χ4n) is 15.1. The zero-order valence-electron chi connectivity index (χ0n) is 71.2. The summed E-state index contributed by atoms with van der Waals surface area (Å²) in [6, 6.07) is 71.3. The van der Waals surface area contributed by atoms with Gasteiger partial charge < -0.3 is 99.2 Å². The number of carboxylic acids is 8. The highest BCUT2D eigenvalue weighted by molar-refractivity contribution is 5.90. The number of benzene rings is 8. The first-order chi connectivity index (χ1) is 57.1. The van der Waals surface area contributed by atoms with Crippen molar-refractivity contribution >= 4 is 93.3 Å². The Hall–Kier alpha value is -12.5. The Morgan fingerprint density at radius 3 is 0.483 bits per heavy atom. The smallest absolute Gasteiger partial charge is 0.328 e. The zero-order valence-corrected chi connectivity index (χ0v) is 71.2. The van der Waals surface area contributed by atoms with Crippen molar-refractivity contribution in [2.75, 3.05) is 128 Å². The number of hydrogen-bond donors (Lipinski definition) is 8. The van der Waals surface area contributed by atoms with Gasteiger partial charge in [-0.25, -0.2) is 19.2 Å². The van der Waals surface area contributed by atoms with Crippen LogP contribution >= 0.6 is 0 Å². The van der Waals surface area contributed by atoms with E-state index in [1.165, 1.54) is 136 Å². The molecule has 24 nitrogen and oxygen atoms in total. The first-order valence-electron chi connectivity index (χ1n) is 40.5. The van der Waals surface area contributed by atoms with Gasteiger partial charge in [-0.2, -0.15) is 0 Å². The molecule has 8 aromatic rings. The Morgan fingerprint density at radius 1 is 0.258 bits per heavy atom. The predicted octanol–water partition coefficient (Wildman–Crippen LogP) is 4.32. The van der Waals surface area contributed by atoms with Crippen LogP contribution in [0.2, 0.25) is 0 Å². The van der Waals surface area contributed by atoms with Crippen LogP contribution in [-0.2, 0) is 89.7 Å². The second-order valence-corrected chi connectivity index (χ2v) is 31.5. The number of nitrogens with zero attached hydrogens (tertiary/aromatic N) is 4. The SMILES string of the molecule is C[C@@H](CN1c2ccccc2CCc2ccccc21)C[NH+](C)C.C[C@@H](CN1c2ccccc2CCc2ccccc21)C[NH+](C)C.C[C@H](CN1c2ccccc2CCc2ccccc21)C[NH+](C)C.C[C@H](CN1c2ccccc2CCc2ccccc21)C[NH+](C)C.O=C([O-])/C=C\C(=O)O.O=C([O-])/C=C\C(=O)O.O=C([O-])/C=C\C(=O)O.O=C([O-])/C=C\C(=O)O. The molecule has 0 fully saturated rings. The van der Waals surface area contributed by atoms with E-state index < -0.39 is 47.8 Å². The molecule has 0 aromatic heterocycles. The van der Waals surface area contributed by atoms with Crippen molar-refractivity contribution < 1.29 is 98.8 Å². The van der Waals surface area contributed by atoms with Crippen LogP contribution in [0, 0.1) is 23.7 Å². The maximum absolute atomic E-state index is 9.53. The number of para-hydroxylation sites is 8. The van der Waals surface area contributed by atoms with E-state index in [9.17, 15) is 58.8 Å². The van der Waals surface area contributed by atoms with Crippen LogP contribution in [0.15, 0.2) is 243 Å². The van der Waals surface area contributed by atoms with E-state index in [4.69, 9.17) is 20.4 Å². The van der Waals surface area contributed by atoms with Crippen molar-refractivity contribution in [3.63, 3.8) is 0 Å². The van der Waals surface area contributed by atoms with Gasteiger partial charge in [0.1, 0.15) is 0 Å². The van der Waals surface area contributed by atoms with Gasteiger partial charge in [-0.05, 0) is 169 Å². The molecule has 640 valence electrons. The Bertz CT molecular complexity index is 3900. The van der Waals surface area contributed by atoms with Gasteiger partial charge in [0.15, 0.2) is 0 Å². The van der Waals surface area contributed by atoms with Gasteiger partial charge in [-0.15, -0.1) is 0 Å². The molecular formula is C96H120N8O16. The van der Waals surface area contributed by atoms with E-state index in [1.54, 1.807) is 0 Å². The molecule has 0 saturated heterocycles. The number of aliphatic carboxylic acids is 8. The summed E-state index contributed by atoms with van der Waals surface area (Å²) in [5.41, 5.74) is 23.0. The van der Waals surface area contributed by atoms with Gasteiger partial charge in [-0.1, -0.05) is 173 Å². The number of fused-ring (bicyclic) bond motifs is 8. The van der Waals surface area contributed by atoms with Gasteiger partial charge in [0.25, 0.3) is 0 Å². The number of hydrogen-bond acceptors (Lipinski definition) is 16. The predicted molar refractivity (Wildman–Crippen MR) is 464 cm³/mol. The van der Waals surface area contributed by atoms with Gasteiger partial charge >= 0.3 is 23.9 Å². The van der Waals surface area contributed by atoms with Crippen LogP contribution < -0.4 is 59.6 Å². The van der Waals surface area contributed by atoms with E-state index in [-0.39, 0.29) is 0 Å². The van der Waals surface area contributed by atoms with Crippen LogP contribution in [-0.4, -0.2) is 177 Å². The molecule has 0 spiro atoms. The molecule has 8 N–H and O–H groups in total. The maximum Gasteiger partial charge on any atom is 0.328 e. The van der Waals surface area contributed by atoms with E-state index in [0.717, 1.165) is 77.5 Å². The molecule has 0 bridgehead atoms. The summed E-state index contributed by atoms with van der Waals surface area (Å²) in [5, 5.41) is 68.9. The maximum atomic E-state index is 9.53. The van der Waals surface area contributed by atoms with Gasteiger partial charge in [-0.3, -0.25) is 0 Å². The lowest BCUT2D eigenvalue weighted by Gasteiger charge is -2.30. The number of carbonyl (C=O) groups excluding carboxylic acids is 4. The number of anilines is 8. The molecule has 4 heterocycles. The van der Waals surface area contributed by atoms with E-state index in [2.05, 4.69) is 298 Å². The Labute approximate surface area is 706 Å². The summed E-state index contributed by atoms with van der Waals surface area (Å²) < 4.78 is 0. The van der Waals surface area contributed by atoms with Crippen molar-refractivity contribution in [3.8, 4) is 0 Å². The molecule has 0 unspecified atom stereocenters. The number of carbonyl (C=O) groups is 8. The Morgan fingerprint density at radius 2 is 0.383 bits per heavy atom. The van der Waals surface area contributed by atoms with E-state index in [0.29, 0.717) is 72.3 Å². The van der Waals surface area contributed by atoms with Gasteiger partial charge in [0.2, 0.25) is 0 Å². The Kier molecular flexibility index (Phi) is 42.2. The largest absolute Gasteiger partial charge is 0.545 e. The number of nitrogens with one attached hydrogen (secondary N) is 4. The van der Waals surface area contributed by atoms with Gasteiger partial charge in [0.05, 0.1) is 106 Å². The average molecular weight is 1640 g/mol. The standard InChI is InChI=1S/4C20H26N2.4C4H4O4/c4*1-16(14-21(2)3)15-22-19-10-6-4-8-17(19)12-13-18-9-5-7-11-20(18)22;4*5-3(6)1-2-4(7)8/h4*4-11,16H,12-15H2,1-3H3;4*1-2H,(H,5,6)(H,7,8)/b;;;;4*2-1-/t4*16-;;;;/m1100..../s1. The molecule has 4 aliphatic rings.